The third kappa shape index (κ3) is 3.24. The van der Waals surface area contributed by atoms with Gasteiger partial charge in [-0.05, 0) is 26.2 Å². The van der Waals surface area contributed by atoms with E-state index in [4.69, 9.17) is 0 Å². The van der Waals surface area contributed by atoms with E-state index < -0.39 is 11.2 Å². The number of benzene rings is 2. The molecule has 0 aliphatic carbocycles. The molecule has 0 fully saturated rings. The van der Waals surface area contributed by atoms with E-state index in [9.17, 15) is 9.35 Å². The smallest absolute Gasteiger partial charge is 0.248 e. The third-order valence-electron chi connectivity index (χ3n) is 3.87. The zero-order valence-electron chi connectivity index (χ0n) is 13.8. The van der Waals surface area contributed by atoms with Crippen molar-refractivity contribution in [3.8, 4) is 0 Å². The van der Waals surface area contributed by atoms with Crippen LogP contribution in [0, 0.1) is 0 Å². The van der Waals surface area contributed by atoms with Crippen molar-refractivity contribution >= 4 is 22.7 Å². The summed E-state index contributed by atoms with van der Waals surface area (Å²) in [4.78, 5) is 15.8. The zero-order chi connectivity index (χ0) is 17.1. The predicted molar refractivity (Wildman–Crippen MR) is 97.1 cm³/mol. The summed E-state index contributed by atoms with van der Waals surface area (Å²) >= 11 is -1.46. The summed E-state index contributed by atoms with van der Waals surface area (Å²) < 4.78 is 12.9. The average molecular weight is 340 g/mol. The number of nitrogens with one attached hydrogen (secondary N) is 1. The number of likely N-dealkylation sites (N-methyl/N-ethyl adjacent to an activating group) is 1. The molecule has 0 radical (unpaired) electrons. The monoisotopic (exact) mass is 340 g/mol. The number of carbonyl (C=O) groups excluding carboxylic acids is 1. The van der Waals surface area contributed by atoms with Gasteiger partial charge in [0.05, 0.1) is 5.56 Å². The first kappa shape index (κ1) is 16.8. The maximum absolute atomic E-state index is 12.9. The zero-order valence-corrected chi connectivity index (χ0v) is 14.6. The van der Waals surface area contributed by atoms with Crippen molar-refractivity contribution in [2.45, 2.75) is 4.90 Å². The molecule has 0 saturated carbocycles. The fourth-order valence-electron chi connectivity index (χ4n) is 2.66. The van der Waals surface area contributed by atoms with Crippen LogP contribution in [0.15, 0.2) is 64.4 Å². The second kappa shape index (κ2) is 7.21. The molecule has 2 aromatic carbocycles. The number of hydrogen-bond acceptors (Lipinski definition) is 4. The highest BCUT2D eigenvalue weighted by Gasteiger charge is 2.41. The molecule has 5 heteroatoms. The molecule has 1 heterocycles. The highest BCUT2D eigenvalue weighted by molar-refractivity contribution is 7.97. The lowest BCUT2D eigenvalue weighted by molar-refractivity contribution is 0.104. The van der Waals surface area contributed by atoms with Crippen LogP contribution in [-0.4, -0.2) is 42.4 Å². The van der Waals surface area contributed by atoms with Gasteiger partial charge in [-0.15, -0.1) is 0 Å². The molecule has 0 amide bonds. The molecule has 0 spiro atoms. The van der Waals surface area contributed by atoms with Crippen molar-refractivity contribution in [2.24, 2.45) is 0 Å². The number of allylic oxidation sites excluding steroid dienone is 1. The van der Waals surface area contributed by atoms with E-state index in [1.807, 2.05) is 50.5 Å². The molecular formula is C19H20N2O2S. The molecule has 1 aliphatic heterocycles. The van der Waals surface area contributed by atoms with Gasteiger partial charge in [-0.25, -0.2) is 0 Å². The second-order valence-corrected chi connectivity index (χ2v) is 7.28. The van der Waals surface area contributed by atoms with E-state index in [1.54, 1.807) is 18.2 Å². The van der Waals surface area contributed by atoms with Crippen LogP contribution in [0.3, 0.4) is 0 Å². The Kier molecular flexibility index (Phi) is 5.04. The molecule has 0 aromatic heterocycles. The largest absolute Gasteiger partial charge is 0.606 e. The van der Waals surface area contributed by atoms with Crippen molar-refractivity contribution in [3.63, 3.8) is 0 Å². The summed E-state index contributed by atoms with van der Waals surface area (Å²) in [7, 11) is 3.98. The van der Waals surface area contributed by atoms with Crippen molar-refractivity contribution in [1.29, 1.82) is 0 Å². The van der Waals surface area contributed by atoms with Gasteiger partial charge in [-0.3, -0.25) is 4.79 Å². The van der Waals surface area contributed by atoms with E-state index >= 15 is 0 Å². The van der Waals surface area contributed by atoms with Gasteiger partial charge in [0, 0.05) is 29.8 Å². The maximum Gasteiger partial charge on any atom is 0.248 e. The molecule has 3 rings (SSSR count). The number of ketones is 1. The van der Waals surface area contributed by atoms with Gasteiger partial charge in [0.15, 0.2) is 4.90 Å². The van der Waals surface area contributed by atoms with Crippen LogP contribution >= 0.6 is 0 Å². The quantitative estimate of drug-likeness (QED) is 0.671. The van der Waals surface area contributed by atoms with Crippen LogP contribution in [0.25, 0.3) is 5.70 Å². The second-order valence-electron chi connectivity index (χ2n) is 5.89. The molecule has 24 heavy (non-hydrogen) atoms. The Morgan fingerprint density at radius 1 is 1.08 bits per heavy atom. The van der Waals surface area contributed by atoms with E-state index in [-0.39, 0.29) is 5.78 Å². The molecule has 1 aliphatic rings. The van der Waals surface area contributed by atoms with Crippen LogP contribution in [0.2, 0.25) is 0 Å². The molecule has 0 bridgehead atoms. The number of fused-ring (bicyclic) bond motifs is 1. The van der Waals surface area contributed by atoms with Crippen LogP contribution in [0.4, 0.5) is 0 Å². The molecule has 4 nitrogen and oxygen atoms in total. The Morgan fingerprint density at radius 3 is 2.42 bits per heavy atom. The predicted octanol–water partition coefficient (Wildman–Crippen LogP) is 2.51. The van der Waals surface area contributed by atoms with Crippen molar-refractivity contribution < 1.29 is 9.35 Å². The first-order valence-electron chi connectivity index (χ1n) is 7.83. The number of Topliss-reactive ketones (excluding diaryl/α,β-unsaturated/α-hetero) is 1. The number of hydrogen-bond donors (Lipinski definition) is 1. The molecular weight excluding hydrogens is 320 g/mol. The summed E-state index contributed by atoms with van der Waals surface area (Å²) in [6, 6.07) is 16.7. The van der Waals surface area contributed by atoms with E-state index in [0.29, 0.717) is 27.6 Å². The molecule has 1 unspecified atom stereocenters. The van der Waals surface area contributed by atoms with Crippen molar-refractivity contribution in [1.82, 2.24) is 10.2 Å². The van der Waals surface area contributed by atoms with Gasteiger partial charge in [0.1, 0.15) is 5.70 Å². The number of nitrogens with zero attached hydrogens (tertiary/aromatic N) is 1. The Morgan fingerprint density at radius 2 is 1.75 bits per heavy atom. The number of carbonyl (C=O) groups is 1. The van der Waals surface area contributed by atoms with Crippen molar-refractivity contribution in [3.05, 3.63) is 70.6 Å². The molecule has 124 valence electrons. The first-order chi connectivity index (χ1) is 11.6. The summed E-state index contributed by atoms with van der Waals surface area (Å²) in [5.41, 5.74) is 2.08. The van der Waals surface area contributed by atoms with Gasteiger partial charge in [-0.2, -0.15) is 0 Å². The fraction of sp³-hybridized carbons (Fsp3) is 0.211. The summed E-state index contributed by atoms with van der Waals surface area (Å²) in [6.45, 7) is 1.49. The summed E-state index contributed by atoms with van der Waals surface area (Å²) in [5, 5.41) is 3.33. The lowest BCUT2D eigenvalue weighted by atomic mass is 10.1. The lowest BCUT2D eigenvalue weighted by Gasteiger charge is -2.16. The molecule has 1 N–H and O–H groups in total. The fourth-order valence-corrected chi connectivity index (χ4v) is 4.10. The average Bonchev–Trinajstić information content (AvgIpc) is 2.84. The Balaban J connectivity index is 2.04. The number of rotatable bonds is 5. The lowest BCUT2D eigenvalue weighted by Crippen LogP contribution is -2.27. The van der Waals surface area contributed by atoms with Crippen LogP contribution in [0.5, 0.6) is 0 Å². The van der Waals surface area contributed by atoms with Crippen molar-refractivity contribution in [2.75, 3.05) is 27.2 Å². The molecule has 2 aromatic rings. The highest BCUT2D eigenvalue weighted by Crippen LogP contribution is 2.37. The first-order valence-corrected chi connectivity index (χ1v) is 8.98. The Bertz CT molecular complexity index is 772. The molecule has 0 saturated heterocycles. The minimum atomic E-state index is -1.46. The normalized spacial score (nSPS) is 18.7. The minimum Gasteiger partial charge on any atom is -0.606 e. The van der Waals surface area contributed by atoms with Gasteiger partial charge in [0.2, 0.25) is 10.7 Å². The van der Waals surface area contributed by atoms with E-state index in [0.717, 1.165) is 12.1 Å². The standard InChI is InChI=1S/C19H20N2O2S/c1-21(2)13-12-20-17(14-8-4-3-5-9-14)19-18(22)15-10-6-7-11-16(15)24(19)23/h3-11,20H,12-13H2,1-2H3/b19-17+. The van der Waals surface area contributed by atoms with Gasteiger partial charge >= 0.3 is 0 Å². The highest BCUT2D eigenvalue weighted by atomic mass is 32.2. The van der Waals surface area contributed by atoms with Crippen LogP contribution in [0.1, 0.15) is 15.9 Å². The van der Waals surface area contributed by atoms with E-state index in [1.165, 1.54) is 0 Å². The Labute approximate surface area is 145 Å². The maximum atomic E-state index is 12.9. The van der Waals surface area contributed by atoms with Gasteiger partial charge in [0.25, 0.3) is 0 Å². The van der Waals surface area contributed by atoms with E-state index in [2.05, 4.69) is 10.2 Å². The minimum absolute atomic E-state index is 0.153. The van der Waals surface area contributed by atoms with Crippen LogP contribution in [-0.2, 0) is 11.2 Å². The summed E-state index contributed by atoms with van der Waals surface area (Å²) in [5.74, 6) is -0.153. The molecule has 1 atom stereocenters. The summed E-state index contributed by atoms with van der Waals surface area (Å²) in [6.07, 6.45) is 0. The Hall–Kier alpha value is -2.08. The SMILES string of the molecule is CN(C)CCN/C(=C1\C(=O)c2ccccc2[S+]1[O-])c1ccccc1. The van der Waals surface area contributed by atoms with Crippen LogP contribution < -0.4 is 5.32 Å². The third-order valence-corrected chi connectivity index (χ3v) is 5.39. The topological polar surface area (TPSA) is 55.4 Å². The van der Waals surface area contributed by atoms with Gasteiger partial charge < -0.3 is 14.8 Å². The van der Waals surface area contributed by atoms with Gasteiger partial charge in [-0.1, -0.05) is 42.5 Å².